The average molecular weight is 553 g/mol. The van der Waals surface area contributed by atoms with Gasteiger partial charge in [0.05, 0.1) is 6.04 Å². The Hall–Kier alpha value is -3.59. The molecule has 1 unspecified atom stereocenters. The normalized spacial score (nSPS) is 24.5. The molecule has 3 amide bonds. The first-order valence-corrected chi connectivity index (χ1v) is 14.2. The molecule has 0 aromatic heterocycles. The third kappa shape index (κ3) is 8.45. The van der Waals surface area contributed by atoms with E-state index in [9.17, 15) is 19.5 Å². The van der Waals surface area contributed by atoms with Gasteiger partial charge in [0.25, 0.3) is 0 Å². The number of fused-ring (bicyclic) bond motifs is 1. The summed E-state index contributed by atoms with van der Waals surface area (Å²) in [6.07, 6.45) is 2.24. The van der Waals surface area contributed by atoms with Gasteiger partial charge in [-0.15, -0.1) is 0 Å². The van der Waals surface area contributed by atoms with Gasteiger partial charge in [0.1, 0.15) is 29.7 Å². The summed E-state index contributed by atoms with van der Waals surface area (Å²) in [7, 11) is 1.62. The van der Waals surface area contributed by atoms with E-state index in [1.54, 1.807) is 38.2 Å². The smallest absolute Gasteiger partial charge is 0.243 e. The molecule has 0 bridgehead atoms. The van der Waals surface area contributed by atoms with E-state index < -0.39 is 24.0 Å². The van der Waals surface area contributed by atoms with Crippen molar-refractivity contribution in [2.75, 3.05) is 20.1 Å². The van der Waals surface area contributed by atoms with Gasteiger partial charge in [-0.3, -0.25) is 14.4 Å². The van der Waals surface area contributed by atoms with Crippen LogP contribution in [0, 0.1) is 5.92 Å². The number of phenols is 1. The maximum absolute atomic E-state index is 13.6. The number of nitrogens with zero attached hydrogens (tertiary/aromatic N) is 1. The number of carbonyl (C=O) groups excluding carboxylic acids is 3. The number of rotatable bonds is 4. The van der Waals surface area contributed by atoms with Crippen LogP contribution in [0.15, 0.2) is 48.5 Å². The fourth-order valence-electron chi connectivity index (χ4n) is 4.71. The molecule has 1 aliphatic rings. The zero-order valence-corrected chi connectivity index (χ0v) is 24.3. The summed E-state index contributed by atoms with van der Waals surface area (Å²) >= 11 is 0. The molecular formula is C31H44N4O5. The van der Waals surface area contributed by atoms with Gasteiger partial charge in [-0.05, 0) is 61.9 Å². The monoisotopic (exact) mass is 552 g/mol. The van der Waals surface area contributed by atoms with Crippen LogP contribution in [0.25, 0.3) is 0 Å². The molecule has 2 aromatic rings. The van der Waals surface area contributed by atoms with E-state index in [1.165, 1.54) is 4.90 Å². The Morgan fingerprint density at radius 2 is 1.75 bits per heavy atom. The molecule has 3 rings (SSSR count). The van der Waals surface area contributed by atoms with Crippen LogP contribution in [-0.2, 0) is 27.2 Å². The van der Waals surface area contributed by atoms with E-state index in [-0.39, 0.29) is 36.0 Å². The number of nitrogens with one attached hydrogen (secondary N) is 3. The lowest BCUT2D eigenvalue weighted by Crippen LogP contribution is -2.57. The topological polar surface area (TPSA) is 120 Å². The quantitative estimate of drug-likeness (QED) is 0.463. The lowest BCUT2D eigenvalue weighted by atomic mass is 9.97. The predicted octanol–water partition coefficient (Wildman–Crippen LogP) is 2.80. The van der Waals surface area contributed by atoms with Crippen LogP contribution in [0.5, 0.6) is 11.5 Å². The van der Waals surface area contributed by atoms with Crippen molar-refractivity contribution >= 4 is 17.7 Å². The van der Waals surface area contributed by atoms with E-state index in [2.05, 4.69) is 16.0 Å². The Morgan fingerprint density at radius 1 is 1.05 bits per heavy atom. The minimum Gasteiger partial charge on any atom is -0.508 e. The van der Waals surface area contributed by atoms with Crippen molar-refractivity contribution < 1.29 is 24.2 Å². The van der Waals surface area contributed by atoms with Gasteiger partial charge >= 0.3 is 0 Å². The molecule has 0 radical (unpaired) electrons. The van der Waals surface area contributed by atoms with Crippen molar-refractivity contribution in [1.29, 1.82) is 0 Å². The highest BCUT2D eigenvalue weighted by molar-refractivity contribution is 5.93. The highest BCUT2D eigenvalue weighted by Gasteiger charge is 2.33. The van der Waals surface area contributed by atoms with Crippen LogP contribution in [0.1, 0.15) is 51.7 Å². The van der Waals surface area contributed by atoms with E-state index in [0.29, 0.717) is 25.9 Å². The Morgan fingerprint density at radius 3 is 2.45 bits per heavy atom. The number of aromatic hydroxyl groups is 1. The second-order valence-electron chi connectivity index (χ2n) is 10.8. The van der Waals surface area contributed by atoms with Crippen molar-refractivity contribution in [3.05, 3.63) is 59.7 Å². The fourth-order valence-corrected chi connectivity index (χ4v) is 4.71. The number of carbonyl (C=O) groups is 3. The second kappa shape index (κ2) is 14.7. The molecule has 218 valence electrons. The number of hydrogen-bond acceptors (Lipinski definition) is 6. The molecule has 1 heterocycles. The van der Waals surface area contributed by atoms with E-state index in [1.807, 2.05) is 45.0 Å². The molecule has 4 N–H and O–H groups in total. The summed E-state index contributed by atoms with van der Waals surface area (Å²) in [6.45, 7) is 8.57. The maximum atomic E-state index is 13.6. The minimum atomic E-state index is -0.846. The number of benzene rings is 2. The van der Waals surface area contributed by atoms with Crippen LogP contribution in [0.4, 0.5) is 0 Å². The predicted molar refractivity (Wildman–Crippen MR) is 155 cm³/mol. The van der Waals surface area contributed by atoms with Crippen molar-refractivity contribution in [2.45, 2.75) is 77.6 Å². The number of likely N-dealkylation sites (N-methyl/N-ethyl adjacent to an activating group) is 1. The van der Waals surface area contributed by atoms with E-state index in [4.69, 9.17) is 4.74 Å². The molecule has 2 aromatic carbocycles. The van der Waals surface area contributed by atoms with Crippen LogP contribution in [-0.4, -0.2) is 72.1 Å². The van der Waals surface area contributed by atoms with Crippen molar-refractivity contribution in [3.8, 4) is 11.5 Å². The van der Waals surface area contributed by atoms with Gasteiger partial charge < -0.3 is 30.7 Å². The maximum Gasteiger partial charge on any atom is 0.243 e. The molecule has 9 nitrogen and oxygen atoms in total. The summed E-state index contributed by atoms with van der Waals surface area (Å²) in [5, 5.41) is 18.9. The summed E-state index contributed by atoms with van der Waals surface area (Å²) < 4.78 is 6.26. The van der Waals surface area contributed by atoms with Gasteiger partial charge in [0, 0.05) is 26.6 Å². The molecule has 1 aliphatic heterocycles. The van der Waals surface area contributed by atoms with Crippen molar-refractivity contribution in [1.82, 2.24) is 20.9 Å². The number of para-hydroxylation sites is 1. The third-order valence-corrected chi connectivity index (χ3v) is 7.64. The van der Waals surface area contributed by atoms with Crippen LogP contribution in [0.3, 0.4) is 0 Å². The van der Waals surface area contributed by atoms with Gasteiger partial charge in [0.15, 0.2) is 0 Å². The first kappa shape index (κ1) is 30.9. The zero-order chi connectivity index (χ0) is 29.2. The number of aryl methyl sites for hydroxylation is 1. The van der Waals surface area contributed by atoms with Crippen LogP contribution >= 0.6 is 0 Å². The molecule has 0 aliphatic carbocycles. The molecule has 9 heteroatoms. The summed E-state index contributed by atoms with van der Waals surface area (Å²) in [5.41, 5.74) is 1.83. The first-order chi connectivity index (χ1) is 19.1. The number of phenolic OH excluding ortho intramolecular Hbond substituents is 1. The first-order valence-electron chi connectivity index (χ1n) is 14.2. The Labute approximate surface area is 237 Å². The number of amides is 3. The average Bonchev–Trinajstić information content (AvgIpc) is 2.95. The molecule has 0 saturated heterocycles. The SMILES string of the molecule is CCC(C)[C@@H]1NC[C@@H](C)Oc2ccccc2CCCNC(=O)[C@@H](Cc2ccc(O)cc2)NC(=O)[C@@H](C)N(C)C1=O. The summed E-state index contributed by atoms with van der Waals surface area (Å²) in [5.74, 6) is 0.0386. The van der Waals surface area contributed by atoms with Gasteiger partial charge in [0.2, 0.25) is 17.7 Å². The fraction of sp³-hybridized carbons (Fsp3) is 0.516. The third-order valence-electron chi connectivity index (χ3n) is 7.64. The Kier molecular flexibility index (Phi) is 11.4. The van der Waals surface area contributed by atoms with Crippen molar-refractivity contribution in [2.24, 2.45) is 5.92 Å². The van der Waals surface area contributed by atoms with Crippen LogP contribution in [0.2, 0.25) is 0 Å². The largest absolute Gasteiger partial charge is 0.508 e. The summed E-state index contributed by atoms with van der Waals surface area (Å²) in [4.78, 5) is 41.6. The molecule has 40 heavy (non-hydrogen) atoms. The molecule has 0 saturated carbocycles. The van der Waals surface area contributed by atoms with Crippen molar-refractivity contribution in [3.63, 3.8) is 0 Å². The number of hydrogen-bond donors (Lipinski definition) is 4. The lowest BCUT2D eigenvalue weighted by Gasteiger charge is -2.33. The lowest BCUT2D eigenvalue weighted by molar-refractivity contribution is -0.141. The molecule has 0 spiro atoms. The zero-order valence-electron chi connectivity index (χ0n) is 24.3. The van der Waals surface area contributed by atoms with Gasteiger partial charge in [-0.1, -0.05) is 50.6 Å². The molecular weight excluding hydrogens is 508 g/mol. The van der Waals surface area contributed by atoms with E-state index >= 15 is 0 Å². The number of ether oxygens (including phenoxy) is 1. The highest BCUT2D eigenvalue weighted by atomic mass is 16.5. The minimum absolute atomic E-state index is 0.0308. The van der Waals surface area contributed by atoms with Gasteiger partial charge in [-0.25, -0.2) is 0 Å². The van der Waals surface area contributed by atoms with Crippen LogP contribution < -0.4 is 20.7 Å². The standard InChI is InChI=1S/C31H44N4O5/c1-6-20(2)28-31(39)35(5)22(4)29(37)34-26(18-23-13-15-25(36)16-14-23)30(38)32-17-9-11-24-10-7-8-12-27(24)40-21(3)19-33-28/h7-8,10,12-16,20-22,26,28,33,36H,6,9,11,17-19H2,1-5H3,(H,32,38)(H,34,37)/t20?,21-,22-,26-,28+/m1/s1. The molecule has 0 fully saturated rings. The van der Waals surface area contributed by atoms with Gasteiger partial charge in [-0.2, -0.15) is 0 Å². The molecule has 5 atom stereocenters. The summed E-state index contributed by atoms with van der Waals surface area (Å²) in [6, 6.07) is 12.3. The second-order valence-corrected chi connectivity index (χ2v) is 10.8. The van der Waals surface area contributed by atoms with E-state index in [0.717, 1.165) is 23.3 Å². The Bertz CT molecular complexity index is 1140. The highest BCUT2D eigenvalue weighted by Crippen LogP contribution is 2.21. The Balaban J connectivity index is 1.88.